The van der Waals surface area contributed by atoms with E-state index in [1.807, 2.05) is 60.7 Å². The maximum atomic E-state index is 13.8. The molecule has 1 aromatic heterocycles. The van der Waals surface area contributed by atoms with Gasteiger partial charge in [-0.25, -0.2) is 9.79 Å². The van der Waals surface area contributed by atoms with Crippen LogP contribution in [0, 0.1) is 0 Å². The minimum Gasteiger partial charge on any atom is -0.497 e. The molecular formula is C31H28N2O6S. The molecule has 40 heavy (non-hydrogen) atoms. The number of hydrogen-bond acceptors (Lipinski definition) is 8. The first-order valence-electron chi connectivity index (χ1n) is 12.5. The molecule has 0 bridgehead atoms. The number of nitrogens with zero attached hydrogens (tertiary/aromatic N) is 2. The third-order valence-corrected chi connectivity index (χ3v) is 7.56. The summed E-state index contributed by atoms with van der Waals surface area (Å²) >= 11 is 1.26. The minimum atomic E-state index is -0.694. The molecule has 8 nitrogen and oxygen atoms in total. The number of thiazole rings is 1. The molecule has 0 saturated carbocycles. The van der Waals surface area contributed by atoms with Gasteiger partial charge in [0.1, 0.15) is 12.4 Å². The normalized spacial score (nSPS) is 14.8. The Morgan fingerprint density at radius 2 is 1.73 bits per heavy atom. The second-order valence-electron chi connectivity index (χ2n) is 9.03. The Hall–Kier alpha value is -4.63. The van der Waals surface area contributed by atoms with E-state index in [-0.39, 0.29) is 5.56 Å². The topological polar surface area (TPSA) is 88.4 Å². The van der Waals surface area contributed by atoms with Gasteiger partial charge in [0.05, 0.1) is 43.2 Å². The Morgan fingerprint density at radius 1 is 0.975 bits per heavy atom. The molecule has 5 rings (SSSR count). The third kappa shape index (κ3) is 5.28. The number of carbonyl (C=O) groups excluding carboxylic acids is 1. The standard InChI is InChI=1S/C31H28N2O6S/c1-19-27(30(35)38-4)28(22-11-13-23(36-2)14-12-22)33-29(34)26(40-31(33)32-19)17-21-10-15-24(25(16-21)37-3)39-18-20-8-6-5-7-9-20/h5-17,28H,18H2,1-4H3/b26-17+/t28-/m1/s1. The predicted octanol–water partition coefficient (Wildman–Crippen LogP) is 4.00. The van der Waals surface area contributed by atoms with Crippen LogP contribution in [0.3, 0.4) is 0 Å². The maximum Gasteiger partial charge on any atom is 0.338 e. The van der Waals surface area contributed by atoms with Crippen molar-refractivity contribution in [2.75, 3.05) is 21.3 Å². The van der Waals surface area contributed by atoms with Crippen LogP contribution in [0.4, 0.5) is 0 Å². The van der Waals surface area contributed by atoms with Crippen LogP contribution < -0.4 is 29.1 Å². The van der Waals surface area contributed by atoms with E-state index in [1.165, 1.54) is 18.4 Å². The van der Waals surface area contributed by atoms with Crippen LogP contribution in [0.2, 0.25) is 0 Å². The molecule has 0 unspecified atom stereocenters. The maximum absolute atomic E-state index is 13.8. The summed E-state index contributed by atoms with van der Waals surface area (Å²) in [4.78, 5) is 31.7. The fourth-order valence-corrected chi connectivity index (χ4v) is 5.62. The number of aromatic nitrogens is 1. The average molecular weight is 557 g/mol. The van der Waals surface area contributed by atoms with Gasteiger partial charge in [0, 0.05) is 0 Å². The molecule has 1 atom stereocenters. The van der Waals surface area contributed by atoms with Crippen molar-refractivity contribution in [2.24, 2.45) is 4.99 Å². The van der Waals surface area contributed by atoms with Crippen molar-refractivity contribution in [3.8, 4) is 17.2 Å². The Kier molecular flexibility index (Phi) is 7.84. The van der Waals surface area contributed by atoms with Crippen LogP contribution in [-0.2, 0) is 16.1 Å². The lowest BCUT2D eigenvalue weighted by molar-refractivity contribution is -0.136. The molecule has 1 aliphatic heterocycles. The van der Waals surface area contributed by atoms with E-state index in [0.29, 0.717) is 44.5 Å². The summed E-state index contributed by atoms with van der Waals surface area (Å²) in [5, 5.41) is 0. The van der Waals surface area contributed by atoms with Gasteiger partial charge in [-0.05, 0) is 54.0 Å². The zero-order valence-electron chi connectivity index (χ0n) is 22.5. The van der Waals surface area contributed by atoms with Crippen molar-refractivity contribution in [3.63, 3.8) is 0 Å². The van der Waals surface area contributed by atoms with Gasteiger partial charge in [-0.2, -0.15) is 0 Å². The van der Waals surface area contributed by atoms with E-state index in [1.54, 1.807) is 43.9 Å². The molecule has 2 heterocycles. The number of allylic oxidation sites excluding steroid dienone is 1. The molecule has 0 N–H and O–H groups in total. The van der Waals surface area contributed by atoms with Gasteiger partial charge in [0.15, 0.2) is 16.3 Å². The molecule has 0 radical (unpaired) electrons. The van der Waals surface area contributed by atoms with Gasteiger partial charge >= 0.3 is 5.97 Å². The molecule has 1 aliphatic rings. The molecule has 0 amide bonds. The first kappa shape index (κ1) is 27.0. The van der Waals surface area contributed by atoms with Gasteiger partial charge in [-0.15, -0.1) is 0 Å². The molecule has 0 fully saturated rings. The highest BCUT2D eigenvalue weighted by Crippen LogP contribution is 2.32. The molecule has 204 valence electrons. The van der Waals surface area contributed by atoms with E-state index >= 15 is 0 Å². The van der Waals surface area contributed by atoms with Crippen LogP contribution in [0.5, 0.6) is 17.2 Å². The molecule has 0 saturated heterocycles. The number of methoxy groups -OCH3 is 3. The smallest absolute Gasteiger partial charge is 0.338 e. The fraction of sp³-hybridized carbons (Fsp3) is 0.194. The lowest BCUT2D eigenvalue weighted by Crippen LogP contribution is -2.39. The molecule has 0 spiro atoms. The SMILES string of the molecule is COC(=O)C1=C(C)N=c2s/c(=C/c3ccc(OCc4ccccc4)c(OC)c3)c(=O)n2[C@@H]1c1ccc(OC)cc1. The van der Waals surface area contributed by atoms with Gasteiger partial charge in [-0.3, -0.25) is 9.36 Å². The highest BCUT2D eigenvalue weighted by molar-refractivity contribution is 7.07. The number of hydrogen-bond donors (Lipinski definition) is 0. The first-order valence-corrected chi connectivity index (χ1v) is 13.3. The fourth-order valence-electron chi connectivity index (χ4n) is 4.57. The van der Waals surface area contributed by atoms with E-state index in [2.05, 4.69) is 4.99 Å². The summed E-state index contributed by atoms with van der Waals surface area (Å²) in [5.41, 5.74) is 3.10. The number of ether oxygens (including phenoxy) is 4. The summed E-state index contributed by atoms with van der Waals surface area (Å²) in [6, 6.07) is 21.9. The van der Waals surface area contributed by atoms with Crippen molar-refractivity contribution in [1.82, 2.24) is 4.57 Å². The summed E-state index contributed by atoms with van der Waals surface area (Å²) in [7, 11) is 4.48. The van der Waals surface area contributed by atoms with Crippen LogP contribution in [-0.4, -0.2) is 31.9 Å². The number of rotatable bonds is 8. The highest BCUT2D eigenvalue weighted by Gasteiger charge is 2.33. The lowest BCUT2D eigenvalue weighted by atomic mass is 9.96. The van der Waals surface area contributed by atoms with Crippen LogP contribution >= 0.6 is 11.3 Å². The second kappa shape index (κ2) is 11.6. The summed E-state index contributed by atoms with van der Waals surface area (Å²) in [5.74, 6) is 1.29. The molecule has 3 aromatic carbocycles. The van der Waals surface area contributed by atoms with Crippen molar-refractivity contribution in [2.45, 2.75) is 19.6 Å². The largest absolute Gasteiger partial charge is 0.497 e. The van der Waals surface area contributed by atoms with Crippen molar-refractivity contribution < 1.29 is 23.7 Å². The Labute approximate surface area is 235 Å². The first-order chi connectivity index (χ1) is 19.4. The number of benzene rings is 3. The van der Waals surface area contributed by atoms with E-state index in [0.717, 1.165) is 16.7 Å². The number of carbonyl (C=O) groups is 1. The summed E-state index contributed by atoms with van der Waals surface area (Å²) < 4.78 is 23.9. The average Bonchev–Trinajstić information content (AvgIpc) is 3.29. The van der Waals surface area contributed by atoms with Gasteiger partial charge in [0.25, 0.3) is 5.56 Å². The van der Waals surface area contributed by atoms with Crippen molar-refractivity contribution in [1.29, 1.82) is 0 Å². The lowest BCUT2D eigenvalue weighted by Gasteiger charge is -2.24. The zero-order valence-corrected chi connectivity index (χ0v) is 23.4. The van der Waals surface area contributed by atoms with Crippen molar-refractivity contribution in [3.05, 3.63) is 120 Å². The third-order valence-electron chi connectivity index (χ3n) is 6.58. The zero-order chi connectivity index (χ0) is 28.2. The predicted molar refractivity (Wildman–Crippen MR) is 153 cm³/mol. The van der Waals surface area contributed by atoms with E-state index in [4.69, 9.17) is 18.9 Å². The number of fused-ring (bicyclic) bond motifs is 1. The van der Waals surface area contributed by atoms with Crippen LogP contribution in [0.15, 0.2) is 93.9 Å². The molecule has 9 heteroatoms. The van der Waals surface area contributed by atoms with Gasteiger partial charge < -0.3 is 18.9 Å². The summed E-state index contributed by atoms with van der Waals surface area (Å²) in [6.45, 7) is 2.15. The van der Waals surface area contributed by atoms with Gasteiger partial charge in [0.2, 0.25) is 0 Å². The Balaban J connectivity index is 1.55. The minimum absolute atomic E-state index is 0.262. The summed E-state index contributed by atoms with van der Waals surface area (Å²) in [6.07, 6.45) is 1.79. The molecule has 0 aliphatic carbocycles. The highest BCUT2D eigenvalue weighted by atomic mass is 32.1. The van der Waals surface area contributed by atoms with Crippen molar-refractivity contribution >= 4 is 23.4 Å². The number of esters is 1. The second-order valence-corrected chi connectivity index (χ2v) is 10.0. The Morgan fingerprint density at radius 3 is 2.40 bits per heavy atom. The van der Waals surface area contributed by atoms with Gasteiger partial charge in [-0.1, -0.05) is 59.9 Å². The molecule has 4 aromatic rings. The van der Waals surface area contributed by atoms with E-state index in [9.17, 15) is 9.59 Å². The van der Waals surface area contributed by atoms with Crippen LogP contribution in [0.25, 0.3) is 6.08 Å². The quantitative estimate of drug-likeness (QED) is 0.305. The molecular weight excluding hydrogens is 528 g/mol. The Bertz CT molecular complexity index is 1750. The monoisotopic (exact) mass is 556 g/mol. The van der Waals surface area contributed by atoms with Crippen LogP contribution in [0.1, 0.15) is 29.7 Å². The van der Waals surface area contributed by atoms with E-state index < -0.39 is 12.0 Å².